The molecule has 0 bridgehead atoms. The monoisotopic (exact) mass is 420 g/mol. The van der Waals surface area contributed by atoms with Crippen LogP contribution in [0.4, 0.5) is 5.69 Å². The van der Waals surface area contributed by atoms with Crippen LogP contribution in [0.2, 0.25) is 0 Å². The smallest absolute Gasteiger partial charge is 0.136 e. The fraction of sp³-hybridized carbons (Fsp3) is 0.385. The van der Waals surface area contributed by atoms with Crippen molar-refractivity contribution in [3.63, 3.8) is 0 Å². The Morgan fingerprint density at radius 2 is 1.71 bits per heavy atom. The van der Waals surface area contributed by atoms with Gasteiger partial charge in [0.15, 0.2) is 0 Å². The second-order valence-electron chi connectivity index (χ2n) is 8.46. The zero-order valence-electron chi connectivity index (χ0n) is 19.2. The molecule has 4 N–H and O–H groups in total. The van der Waals surface area contributed by atoms with Crippen LogP contribution in [0.1, 0.15) is 50.9 Å². The molecule has 3 rings (SSSR count). The lowest BCUT2D eigenvalue weighted by Gasteiger charge is -2.47. The minimum absolute atomic E-state index is 0.257. The van der Waals surface area contributed by atoms with Crippen LogP contribution < -0.4 is 21.1 Å². The zero-order chi connectivity index (χ0) is 22.4. The first-order chi connectivity index (χ1) is 14.9. The van der Waals surface area contributed by atoms with E-state index >= 15 is 0 Å². The van der Waals surface area contributed by atoms with E-state index in [1.807, 2.05) is 18.2 Å². The average molecular weight is 421 g/mol. The van der Waals surface area contributed by atoms with Crippen LogP contribution in [0.25, 0.3) is 0 Å². The van der Waals surface area contributed by atoms with Crippen molar-refractivity contribution < 1.29 is 4.74 Å². The van der Waals surface area contributed by atoms with Gasteiger partial charge in [-0.05, 0) is 57.4 Å². The molecular formula is C26H36N4O. The molecule has 5 heteroatoms. The second kappa shape index (κ2) is 10.6. The molecule has 2 unspecified atom stereocenters. The Morgan fingerprint density at radius 1 is 1.00 bits per heavy atom. The summed E-state index contributed by atoms with van der Waals surface area (Å²) in [6, 6.07) is 16.4. The topological polar surface area (TPSA) is 67.8 Å². The summed E-state index contributed by atoms with van der Waals surface area (Å²) in [6.07, 6.45) is 6.14. The highest BCUT2D eigenvalue weighted by Crippen LogP contribution is 2.35. The number of fused-ring (bicyclic) bond motifs is 1. The molecule has 1 heterocycles. The second-order valence-corrected chi connectivity index (χ2v) is 8.46. The molecule has 1 aliphatic rings. The molecule has 5 nitrogen and oxygen atoms in total. The van der Waals surface area contributed by atoms with Gasteiger partial charge in [0.2, 0.25) is 0 Å². The fourth-order valence-electron chi connectivity index (χ4n) is 3.95. The number of nitrogens with zero attached hydrogens (tertiary/aromatic N) is 2. The number of allylic oxidation sites excluding steroid dienone is 3. The van der Waals surface area contributed by atoms with Gasteiger partial charge >= 0.3 is 0 Å². The lowest BCUT2D eigenvalue weighted by molar-refractivity contribution is 0.115. The summed E-state index contributed by atoms with van der Waals surface area (Å²) in [5, 5.41) is 0. The van der Waals surface area contributed by atoms with Crippen molar-refractivity contribution in [2.45, 2.75) is 52.6 Å². The Hall–Kier alpha value is -2.60. The van der Waals surface area contributed by atoms with E-state index in [0.717, 1.165) is 42.0 Å². The minimum Gasteiger partial charge on any atom is -0.497 e. The van der Waals surface area contributed by atoms with Crippen molar-refractivity contribution in [2.75, 3.05) is 18.6 Å². The van der Waals surface area contributed by atoms with Gasteiger partial charge in [0, 0.05) is 24.3 Å². The first kappa shape index (κ1) is 23.1. The quantitative estimate of drug-likeness (QED) is 0.594. The van der Waals surface area contributed by atoms with Gasteiger partial charge in [-0.1, -0.05) is 53.6 Å². The molecule has 1 aliphatic heterocycles. The summed E-state index contributed by atoms with van der Waals surface area (Å²) in [4.78, 5) is 4.39. The summed E-state index contributed by atoms with van der Waals surface area (Å²) >= 11 is 0. The summed E-state index contributed by atoms with van der Waals surface area (Å²) in [6.45, 7) is 7.90. The molecule has 0 spiro atoms. The van der Waals surface area contributed by atoms with Gasteiger partial charge in [0.25, 0.3) is 0 Å². The number of hydrogen-bond donors (Lipinski definition) is 2. The Bertz CT molecular complexity index is 915. The molecule has 0 radical (unpaired) electrons. The van der Waals surface area contributed by atoms with Crippen LogP contribution in [-0.4, -0.2) is 24.8 Å². The number of hydrogen-bond acceptors (Lipinski definition) is 5. The van der Waals surface area contributed by atoms with E-state index in [9.17, 15) is 0 Å². The Labute approximate surface area is 187 Å². The van der Waals surface area contributed by atoms with Crippen LogP contribution in [0, 0.1) is 0 Å². The Morgan fingerprint density at radius 3 is 2.39 bits per heavy atom. The number of rotatable bonds is 8. The maximum absolute atomic E-state index is 6.77. The molecule has 2 aromatic rings. The third kappa shape index (κ3) is 5.76. The van der Waals surface area contributed by atoms with Gasteiger partial charge in [-0.2, -0.15) is 0 Å². The van der Waals surface area contributed by atoms with Gasteiger partial charge < -0.3 is 15.4 Å². The third-order valence-electron chi connectivity index (χ3n) is 5.83. The van der Waals surface area contributed by atoms with E-state index in [-0.39, 0.29) is 12.5 Å². The molecule has 0 aliphatic carbocycles. The van der Waals surface area contributed by atoms with Crippen LogP contribution in [0.15, 0.2) is 71.8 Å². The molecule has 0 aromatic heterocycles. The van der Waals surface area contributed by atoms with E-state index in [0.29, 0.717) is 6.54 Å². The summed E-state index contributed by atoms with van der Waals surface area (Å²) < 4.78 is 5.28. The van der Waals surface area contributed by atoms with E-state index in [1.165, 1.54) is 11.1 Å². The van der Waals surface area contributed by atoms with Crippen molar-refractivity contribution in [3.8, 4) is 5.75 Å². The largest absolute Gasteiger partial charge is 0.497 e. The van der Waals surface area contributed by atoms with Gasteiger partial charge in [-0.3, -0.25) is 5.73 Å². The zero-order valence-corrected chi connectivity index (χ0v) is 19.2. The summed E-state index contributed by atoms with van der Waals surface area (Å²) in [7, 11) is 1.68. The molecule has 0 amide bonds. The van der Waals surface area contributed by atoms with Crippen molar-refractivity contribution in [1.82, 2.24) is 4.90 Å². The summed E-state index contributed by atoms with van der Waals surface area (Å²) in [5.74, 6) is 0.844. The van der Waals surface area contributed by atoms with E-state index < -0.39 is 0 Å². The molecule has 0 fully saturated rings. The Kier molecular flexibility index (Phi) is 7.91. The minimum atomic E-state index is -0.311. The van der Waals surface area contributed by atoms with Crippen LogP contribution in [-0.2, 0) is 6.54 Å². The number of ether oxygens (including phenoxy) is 1. The number of benzene rings is 2. The van der Waals surface area contributed by atoms with Crippen LogP contribution in [0.5, 0.6) is 5.75 Å². The number of anilines is 1. The molecule has 2 atom stereocenters. The molecule has 2 aromatic carbocycles. The fourth-order valence-corrected chi connectivity index (χ4v) is 3.95. The average Bonchev–Trinajstić information content (AvgIpc) is 2.76. The van der Waals surface area contributed by atoms with Crippen LogP contribution >= 0.6 is 0 Å². The van der Waals surface area contributed by atoms with Crippen LogP contribution in [0.3, 0.4) is 0 Å². The standard InChI is InChI=1S/C26H36N4O/c1-19(2)8-7-9-20(3)16-17-29-24-11-6-5-10-23(24)25(27)30(26(29)28)18-21-12-14-22(31-4)15-13-21/h5-6,8,10-16,25-26H,7,9,17-18,27-28H2,1-4H3. The number of para-hydroxylation sites is 1. The van der Waals surface area contributed by atoms with E-state index in [2.05, 4.69) is 73.1 Å². The first-order valence-electron chi connectivity index (χ1n) is 10.9. The normalized spacial score (nSPS) is 19.2. The molecule has 0 saturated carbocycles. The maximum Gasteiger partial charge on any atom is 0.136 e. The lowest BCUT2D eigenvalue weighted by Crippen LogP contribution is -2.60. The van der Waals surface area contributed by atoms with Crippen molar-refractivity contribution in [2.24, 2.45) is 11.5 Å². The number of methoxy groups -OCH3 is 1. The van der Waals surface area contributed by atoms with Crippen molar-refractivity contribution in [3.05, 3.63) is 83.0 Å². The maximum atomic E-state index is 6.77. The predicted molar refractivity (Wildman–Crippen MR) is 130 cm³/mol. The Balaban J connectivity index is 1.80. The molecule has 166 valence electrons. The predicted octanol–water partition coefficient (Wildman–Crippen LogP) is 4.91. The van der Waals surface area contributed by atoms with Gasteiger partial charge in [0.05, 0.1) is 13.3 Å². The lowest BCUT2D eigenvalue weighted by atomic mass is 10.0. The number of nitrogens with two attached hydrogens (primary N) is 2. The van der Waals surface area contributed by atoms with Crippen molar-refractivity contribution >= 4 is 5.69 Å². The van der Waals surface area contributed by atoms with E-state index in [4.69, 9.17) is 16.2 Å². The SMILES string of the molecule is COc1ccc(CN2C(N)c3ccccc3N(CC=C(C)CCC=C(C)C)C2N)cc1. The highest BCUT2D eigenvalue weighted by Gasteiger charge is 2.34. The van der Waals surface area contributed by atoms with Crippen molar-refractivity contribution in [1.29, 1.82) is 0 Å². The summed E-state index contributed by atoms with van der Waals surface area (Å²) in [5.41, 5.74) is 19.5. The van der Waals surface area contributed by atoms with Gasteiger partial charge in [-0.15, -0.1) is 0 Å². The molecule has 31 heavy (non-hydrogen) atoms. The van der Waals surface area contributed by atoms with Gasteiger partial charge in [0.1, 0.15) is 12.0 Å². The molecule has 0 saturated heterocycles. The van der Waals surface area contributed by atoms with Gasteiger partial charge in [-0.25, -0.2) is 4.90 Å². The highest BCUT2D eigenvalue weighted by molar-refractivity contribution is 5.58. The first-order valence-corrected chi connectivity index (χ1v) is 10.9. The third-order valence-corrected chi connectivity index (χ3v) is 5.83. The molecular weight excluding hydrogens is 384 g/mol. The highest BCUT2D eigenvalue weighted by atomic mass is 16.5. The van der Waals surface area contributed by atoms with E-state index in [1.54, 1.807) is 7.11 Å².